The number of para-hydroxylation sites is 1. The summed E-state index contributed by atoms with van der Waals surface area (Å²) in [4.78, 5) is 16.9. The van der Waals surface area contributed by atoms with Gasteiger partial charge in [-0.1, -0.05) is 48.5 Å². The molecular formula is C25H22N2O3. The first-order valence-electron chi connectivity index (χ1n) is 9.75. The van der Waals surface area contributed by atoms with Crippen molar-refractivity contribution in [3.63, 3.8) is 0 Å². The van der Waals surface area contributed by atoms with Gasteiger partial charge in [-0.25, -0.2) is 9.78 Å². The van der Waals surface area contributed by atoms with Crippen LogP contribution in [-0.4, -0.2) is 27.7 Å². The van der Waals surface area contributed by atoms with Gasteiger partial charge < -0.3 is 15.9 Å². The van der Waals surface area contributed by atoms with Gasteiger partial charge in [0.05, 0.1) is 16.8 Å². The second-order valence-electron chi connectivity index (χ2n) is 7.25. The van der Waals surface area contributed by atoms with E-state index in [9.17, 15) is 15.0 Å². The number of aromatic nitrogens is 1. The summed E-state index contributed by atoms with van der Waals surface area (Å²) >= 11 is 0. The lowest BCUT2D eigenvalue weighted by Crippen LogP contribution is -2.06. The maximum Gasteiger partial charge on any atom is 0.336 e. The number of nitrogens with two attached hydrogens (primary N) is 1. The first-order chi connectivity index (χ1) is 14.5. The van der Waals surface area contributed by atoms with Gasteiger partial charge in [-0.05, 0) is 54.8 Å². The van der Waals surface area contributed by atoms with Crippen molar-refractivity contribution in [2.24, 2.45) is 5.73 Å². The zero-order chi connectivity index (χ0) is 21.3. The van der Waals surface area contributed by atoms with Crippen molar-refractivity contribution in [2.45, 2.75) is 13.3 Å². The van der Waals surface area contributed by atoms with Crippen LogP contribution in [0.1, 0.15) is 21.5 Å². The van der Waals surface area contributed by atoms with E-state index in [-0.39, 0.29) is 11.3 Å². The molecule has 0 amide bonds. The van der Waals surface area contributed by atoms with Crippen molar-refractivity contribution in [2.75, 3.05) is 6.54 Å². The Morgan fingerprint density at radius 1 is 1.00 bits per heavy atom. The predicted octanol–water partition coefficient (Wildman–Crippen LogP) is 4.78. The van der Waals surface area contributed by atoms with Gasteiger partial charge in [0.25, 0.3) is 0 Å². The number of phenolic OH excluding ortho intramolecular Hbond substituents is 1. The highest BCUT2D eigenvalue weighted by Gasteiger charge is 2.19. The lowest BCUT2D eigenvalue weighted by Gasteiger charge is -2.14. The summed E-state index contributed by atoms with van der Waals surface area (Å²) in [5.41, 5.74) is 11.2. The average Bonchev–Trinajstić information content (AvgIpc) is 2.74. The van der Waals surface area contributed by atoms with Crippen LogP contribution >= 0.6 is 0 Å². The number of fused-ring (bicyclic) bond motifs is 1. The summed E-state index contributed by atoms with van der Waals surface area (Å²) in [6.45, 7) is 2.29. The number of nitrogens with zero attached hydrogens (tertiary/aromatic N) is 1. The number of carbonyl (C=O) groups is 1. The van der Waals surface area contributed by atoms with Crippen LogP contribution in [0.15, 0.2) is 66.7 Å². The molecule has 0 aliphatic heterocycles. The molecule has 0 aliphatic rings. The van der Waals surface area contributed by atoms with Crippen LogP contribution in [0.5, 0.6) is 5.75 Å². The zero-order valence-electron chi connectivity index (χ0n) is 16.6. The Morgan fingerprint density at radius 2 is 1.70 bits per heavy atom. The molecule has 4 N–H and O–H groups in total. The minimum atomic E-state index is -0.975. The van der Waals surface area contributed by atoms with E-state index in [1.807, 2.05) is 54.6 Å². The fourth-order valence-electron chi connectivity index (χ4n) is 3.81. The van der Waals surface area contributed by atoms with Crippen molar-refractivity contribution in [1.82, 2.24) is 4.98 Å². The number of hydrogen-bond donors (Lipinski definition) is 3. The molecule has 1 heterocycles. The molecule has 4 aromatic rings. The van der Waals surface area contributed by atoms with Crippen LogP contribution in [0.2, 0.25) is 0 Å². The van der Waals surface area contributed by atoms with Gasteiger partial charge in [0, 0.05) is 16.5 Å². The topological polar surface area (TPSA) is 96.4 Å². The third-order valence-electron chi connectivity index (χ3n) is 5.31. The summed E-state index contributed by atoms with van der Waals surface area (Å²) in [5, 5.41) is 20.6. The normalized spacial score (nSPS) is 11.0. The summed E-state index contributed by atoms with van der Waals surface area (Å²) in [7, 11) is 0. The maximum absolute atomic E-state index is 12.1. The van der Waals surface area contributed by atoms with E-state index in [2.05, 4.69) is 0 Å². The highest BCUT2D eigenvalue weighted by molar-refractivity contribution is 6.05. The summed E-state index contributed by atoms with van der Waals surface area (Å²) in [6, 6.07) is 20.4. The van der Waals surface area contributed by atoms with E-state index < -0.39 is 5.97 Å². The first-order valence-corrected chi connectivity index (χ1v) is 9.75. The molecule has 4 rings (SSSR count). The number of rotatable bonds is 5. The smallest absolute Gasteiger partial charge is 0.336 e. The minimum absolute atomic E-state index is 0.215. The third-order valence-corrected chi connectivity index (χ3v) is 5.31. The second kappa shape index (κ2) is 7.97. The van der Waals surface area contributed by atoms with Crippen LogP contribution in [0.25, 0.3) is 33.3 Å². The van der Waals surface area contributed by atoms with Crippen molar-refractivity contribution in [1.29, 1.82) is 0 Å². The molecule has 0 saturated heterocycles. The van der Waals surface area contributed by atoms with E-state index in [1.165, 1.54) is 0 Å². The van der Waals surface area contributed by atoms with Gasteiger partial charge in [-0.15, -0.1) is 0 Å². The fraction of sp³-hybridized carbons (Fsp3) is 0.120. The number of pyridine rings is 1. The zero-order valence-corrected chi connectivity index (χ0v) is 16.6. The third kappa shape index (κ3) is 3.51. The molecule has 0 unspecified atom stereocenters. The van der Waals surface area contributed by atoms with E-state index in [0.29, 0.717) is 35.1 Å². The number of carboxylic acid groups (broad SMARTS) is 1. The van der Waals surface area contributed by atoms with Crippen molar-refractivity contribution in [3.05, 3.63) is 83.4 Å². The average molecular weight is 398 g/mol. The Bertz CT molecular complexity index is 1250. The SMILES string of the molecule is Cc1c(-c2ccc(-c3ccccc3O)cc2)nc2ccc(CCN)cc2c1C(=O)O. The summed E-state index contributed by atoms with van der Waals surface area (Å²) in [6.07, 6.45) is 0.684. The van der Waals surface area contributed by atoms with Crippen LogP contribution < -0.4 is 5.73 Å². The Morgan fingerprint density at radius 3 is 2.37 bits per heavy atom. The minimum Gasteiger partial charge on any atom is -0.507 e. The van der Waals surface area contributed by atoms with Gasteiger partial charge in [-0.2, -0.15) is 0 Å². The summed E-state index contributed by atoms with van der Waals surface area (Å²) < 4.78 is 0. The van der Waals surface area contributed by atoms with Crippen LogP contribution in [-0.2, 0) is 6.42 Å². The lowest BCUT2D eigenvalue weighted by atomic mass is 9.95. The Hall–Kier alpha value is -3.70. The Labute approximate surface area is 174 Å². The van der Waals surface area contributed by atoms with E-state index in [1.54, 1.807) is 19.1 Å². The molecule has 1 aromatic heterocycles. The van der Waals surface area contributed by atoms with E-state index >= 15 is 0 Å². The molecule has 0 aliphatic carbocycles. The van der Waals surface area contributed by atoms with Gasteiger partial charge in [0.1, 0.15) is 5.75 Å². The standard InChI is InChI=1S/C25H22N2O3/c1-15-23(25(29)30)20-14-16(12-13-26)6-11-21(20)27-24(15)18-9-7-17(8-10-18)19-4-2-3-5-22(19)28/h2-11,14,28H,12-13,26H2,1H3,(H,29,30). The Kier molecular flexibility index (Phi) is 5.21. The number of phenols is 1. The molecule has 30 heavy (non-hydrogen) atoms. The van der Waals surface area contributed by atoms with E-state index in [4.69, 9.17) is 10.7 Å². The fourth-order valence-corrected chi connectivity index (χ4v) is 3.81. The van der Waals surface area contributed by atoms with Crippen molar-refractivity contribution in [3.8, 4) is 28.1 Å². The van der Waals surface area contributed by atoms with Gasteiger partial charge in [0.15, 0.2) is 0 Å². The molecular weight excluding hydrogens is 376 g/mol. The number of aromatic carboxylic acids is 1. The molecule has 0 spiro atoms. The number of benzene rings is 3. The largest absolute Gasteiger partial charge is 0.507 e. The monoisotopic (exact) mass is 398 g/mol. The number of hydrogen-bond acceptors (Lipinski definition) is 4. The van der Waals surface area contributed by atoms with E-state index in [0.717, 1.165) is 22.3 Å². The Balaban J connectivity index is 1.85. The van der Waals surface area contributed by atoms with Crippen LogP contribution in [0.4, 0.5) is 0 Å². The van der Waals surface area contributed by atoms with Gasteiger partial charge in [-0.3, -0.25) is 0 Å². The second-order valence-corrected chi connectivity index (χ2v) is 7.25. The predicted molar refractivity (Wildman–Crippen MR) is 119 cm³/mol. The van der Waals surface area contributed by atoms with Crippen LogP contribution in [0.3, 0.4) is 0 Å². The van der Waals surface area contributed by atoms with Crippen molar-refractivity contribution < 1.29 is 15.0 Å². The molecule has 0 atom stereocenters. The van der Waals surface area contributed by atoms with Gasteiger partial charge in [0.2, 0.25) is 0 Å². The van der Waals surface area contributed by atoms with Gasteiger partial charge >= 0.3 is 5.97 Å². The lowest BCUT2D eigenvalue weighted by molar-refractivity contribution is 0.0698. The first kappa shape index (κ1) is 19.6. The molecule has 0 bridgehead atoms. The highest BCUT2D eigenvalue weighted by atomic mass is 16.4. The van der Waals surface area contributed by atoms with Crippen LogP contribution in [0, 0.1) is 6.92 Å². The number of carboxylic acids is 1. The molecule has 150 valence electrons. The maximum atomic E-state index is 12.1. The molecule has 3 aromatic carbocycles. The molecule has 5 nitrogen and oxygen atoms in total. The molecule has 0 saturated carbocycles. The molecule has 0 fully saturated rings. The number of aromatic hydroxyl groups is 1. The quantitative estimate of drug-likeness (QED) is 0.449. The van der Waals surface area contributed by atoms with Crippen molar-refractivity contribution >= 4 is 16.9 Å². The summed E-state index contributed by atoms with van der Waals surface area (Å²) in [5.74, 6) is -0.761. The molecule has 5 heteroatoms. The molecule has 0 radical (unpaired) electrons. The highest BCUT2D eigenvalue weighted by Crippen LogP contribution is 2.33.